The minimum absolute atomic E-state index is 0. The number of fused-ring (bicyclic) bond motifs is 1. The summed E-state index contributed by atoms with van der Waals surface area (Å²) < 4.78 is 14.8. The van der Waals surface area contributed by atoms with E-state index in [1.807, 2.05) is 0 Å². The van der Waals surface area contributed by atoms with Crippen molar-refractivity contribution in [3.8, 4) is 10.6 Å². The number of aromatic nitrogens is 4. The molecule has 3 aromatic heterocycles. The Labute approximate surface area is 173 Å². The molecule has 7 nitrogen and oxygen atoms in total. The molecule has 0 atom stereocenters. The average molecular weight is 434 g/mol. The molecule has 4 aromatic rings. The number of nitrogens with two attached hydrogens (primary N) is 1. The second-order valence-corrected chi connectivity index (χ2v) is 6.76. The summed E-state index contributed by atoms with van der Waals surface area (Å²) in [4.78, 5) is 19.8. The third-order valence-corrected chi connectivity index (χ3v) is 5.03. The van der Waals surface area contributed by atoms with E-state index in [4.69, 9.17) is 23.9 Å². The van der Waals surface area contributed by atoms with Crippen LogP contribution in [0.5, 0.6) is 0 Å². The van der Waals surface area contributed by atoms with Gasteiger partial charge in [0.25, 0.3) is 0 Å². The van der Waals surface area contributed by atoms with Gasteiger partial charge >= 0.3 is 0 Å². The van der Waals surface area contributed by atoms with E-state index in [0.717, 1.165) is 6.20 Å². The van der Waals surface area contributed by atoms with Gasteiger partial charge in [0.2, 0.25) is 0 Å². The number of hydrogen-bond donors (Lipinski definition) is 2. The Hall–Kier alpha value is -3.06. The van der Waals surface area contributed by atoms with Crippen LogP contribution in [0.25, 0.3) is 25.6 Å². The van der Waals surface area contributed by atoms with Crippen LogP contribution < -0.4 is 11.1 Å². The predicted octanol–water partition coefficient (Wildman–Crippen LogP) is 5.24. The first kappa shape index (κ1) is 19.7. The van der Waals surface area contributed by atoms with E-state index in [2.05, 4.69) is 30.1 Å². The number of nitrogens with one attached hydrogen (secondary N) is 1. The summed E-state index contributed by atoms with van der Waals surface area (Å²) in [6.45, 7) is 7.34. The number of pyridine rings is 1. The Morgan fingerprint density at radius 2 is 2.07 bits per heavy atom. The molecule has 0 aliphatic heterocycles. The van der Waals surface area contributed by atoms with Crippen molar-refractivity contribution < 1.29 is 4.39 Å². The smallest absolute Gasteiger partial charge is 0.198 e. The van der Waals surface area contributed by atoms with Gasteiger partial charge in [-0.05, 0) is 6.07 Å². The number of rotatable bonds is 3. The molecular weight excluding hydrogens is 424 g/mol. The molecule has 0 unspecified atom stereocenters. The highest BCUT2D eigenvalue weighted by Gasteiger charge is 2.19. The van der Waals surface area contributed by atoms with Gasteiger partial charge in [0, 0.05) is 16.7 Å². The molecule has 0 aliphatic carbocycles. The lowest BCUT2D eigenvalue weighted by molar-refractivity contribution is 0.632. The van der Waals surface area contributed by atoms with E-state index < -0.39 is 5.82 Å². The number of hydrogen-bond acceptors (Lipinski definition) is 7. The molecule has 3 heterocycles. The molecule has 28 heavy (non-hydrogen) atoms. The van der Waals surface area contributed by atoms with Crippen molar-refractivity contribution in [1.29, 1.82) is 0 Å². The summed E-state index contributed by atoms with van der Waals surface area (Å²) in [6.07, 6.45) is 2.38. The second kappa shape index (κ2) is 7.90. The van der Waals surface area contributed by atoms with Gasteiger partial charge in [0.1, 0.15) is 33.2 Å². The van der Waals surface area contributed by atoms with Crippen LogP contribution in [-0.4, -0.2) is 19.9 Å². The van der Waals surface area contributed by atoms with Crippen LogP contribution >= 0.6 is 35.3 Å². The van der Waals surface area contributed by atoms with Crippen molar-refractivity contribution in [3.05, 3.63) is 59.0 Å². The highest BCUT2D eigenvalue weighted by molar-refractivity contribution is 7.22. The van der Waals surface area contributed by atoms with Crippen molar-refractivity contribution in [2.75, 3.05) is 11.1 Å². The summed E-state index contributed by atoms with van der Waals surface area (Å²) in [6, 6.07) is 6.51. The molecule has 0 bridgehead atoms. The van der Waals surface area contributed by atoms with Crippen LogP contribution in [0.4, 0.5) is 27.5 Å². The summed E-state index contributed by atoms with van der Waals surface area (Å²) in [5.74, 6) is 0.493. The number of thiazole rings is 1. The third kappa shape index (κ3) is 3.53. The molecule has 140 valence electrons. The summed E-state index contributed by atoms with van der Waals surface area (Å²) in [7, 11) is 0. The SMILES string of the molecule is Cl.[C-]#[N+]c1cccc(Cl)c1-c1nc2c(F)cnc(Nc3cc(N)ncn3)c2s1. The van der Waals surface area contributed by atoms with E-state index in [0.29, 0.717) is 37.6 Å². The Morgan fingerprint density at radius 1 is 1.25 bits per heavy atom. The van der Waals surface area contributed by atoms with Gasteiger partial charge in [0.05, 0.1) is 12.8 Å². The Bertz CT molecular complexity index is 1220. The number of anilines is 3. The number of halogens is 3. The first-order valence-corrected chi connectivity index (χ1v) is 8.72. The fourth-order valence-electron chi connectivity index (χ4n) is 2.46. The highest BCUT2D eigenvalue weighted by atomic mass is 35.5. The molecule has 0 fully saturated rings. The molecule has 1 aromatic carbocycles. The lowest BCUT2D eigenvalue weighted by Gasteiger charge is -2.05. The van der Waals surface area contributed by atoms with Crippen LogP contribution in [0, 0.1) is 12.4 Å². The van der Waals surface area contributed by atoms with Crippen LogP contribution in [-0.2, 0) is 0 Å². The number of benzene rings is 1. The Balaban J connectivity index is 0.00000225. The van der Waals surface area contributed by atoms with Gasteiger partial charge in [-0.25, -0.2) is 29.2 Å². The molecule has 0 amide bonds. The lowest BCUT2D eigenvalue weighted by atomic mass is 10.2. The Morgan fingerprint density at radius 3 is 2.82 bits per heavy atom. The maximum atomic E-state index is 14.3. The fraction of sp³-hybridized carbons (Fsp3) is 0. The number of nitrogen functional groups attached to an aromatic ring is 1. The first-order chi connectivity index (χ1) is 13.1. The monoisotopic (exact) mass is 433 g/mol. The molecule has 0 radical (unpaired) electrons. The fourth-order valence-corrected chi connectivity index (χ4v) is 3.86. The van der Waals surface area contributed by atoms with Crippen LogP contribution in [0.1, 0.15) is 0 Å². The molecular formula is C17H10Cl2FN7S. The van der Waals surface area contributed by atoms with E-state index in [-0.39, 0.29) is 23.7 Å². The lowest BCUT2D eigenvalue weighted by Crippen LogP contribution is -1.99. The largest absolute Gasteiger partial charge is 0.384 e. The van der Waals surface area contributed by atoms with E-state index in [1.54, 1.807) is 18.2 Å². The normalized spacial score (nSPS) is 10.3. The van der Waals surface area contributed by atoms with Gasteiger partial charge in [0.15, 0.2) is 17.3 Å². The van der Waals surface area contributed by atoms with E-state index >= 15 is 0 Å². The number of nitrogens with zero attached hydrogens (tertiary/aromatic N) is 5. The van der Waals surface area contributed by atoms with Crippen LogP contribution in [0.3, 0.4) is 0 Å². The molecule has 0 saturated carbocycles. The Kier molecular flexibility index (Phi) is 5.56. The summed E-state index contributed by atoms with van der Waals surface area (Å²) >= 11 is 7.44. The van der Waals surface area contributed by atoms with E-state index in [1.165, 1.54) is 23.7 Å². The highest BCUT2D eigenvalue weighted by Crippen LogP contribution is 2.42. The first-order valence-electron chi connectivity index (χ1n) is 7.52. The van der Waals surface area contributed by atoms with Gasteiger partial charge in [-0.15, -0.1) is 23.7 Å². The summed E-state index contributed by atoms with van der Waals surface area (Å²) in [5, 5.41) is 3.79. The summed E-state index contributed by atoms with van der Waals surface area (Å²) in [5.41, 5.74) is 6.59. The zero-order valence-electron chi connectivity index (χ0n) is 13.8. The van der Waals surface area contributed by atoms with Crippen molar-refractivity contribution in [2.24, 2.45) is 0 Å². The zero-order valence-corrected chi connectivity index (χ0v) is 16.2. The maximum Gasteiger partial charge on any atom is 0.198 e. The third-order valence-electron chi connectivity index (χ3n) is 3.64. The van der Waals surface area contributed by atoms with Gasteiger partial charge < -0.3 is 11.1 Å². The minimum Gasteiger partial charge on any atom is -0.384 e. The molecule has 0 aliphatic rings. The molecule has 0 spiro atoms. The van der Waals surface area contributed by atoms with Crippen molar-refractivity contribution in [3.63, 3.8) is 0 Å². The molecule has 11 heteroatoms. The maximum absolute atomic E-state index is 14.3. The molecule has 0 saturated heterocycles. The van der Waals surface area contributed by atoms with Crippen molar-refractivity contribution in [1.82, 2.24) is 19.9 Å². The van der Waals surface area contributed by atoms with Gasteiger partial charge in [-0.3, -0.25) is 0 Å². The van der Waals surface area contributed by atoms with E-state index in [9.17, 15) is 4.39 Å². The van der Waals surface area contributed by atoms with Crippen molar-refractivity contribution >= 4 is 68.7 Å². The topological polar surface area (TPSA) is 94.0 Å². The standard InChI is InChI=1S/C17H9ClFN7S.ClH/c1-21-10-4-2-3-8(18)13(10)17-26-14-9(19)6-22-16(15(14)27-17)25-12-5-11(20)23-7-24-12;/h2-7H,(H3,20,22,23,24,25);1H. The average Bonchev–Trinajstić information content (AvgIpc) is 3.10. The molecule has 3 N–H and O–H groups in total. The van der Waals surface area contributed by atoms with Crippen molar-refractivity contribution in [2.45, 2.75) is 0 Å². The molecule has 4 rings (SSSR count). The zero-order chi connectivity index (χ0) is 19.0. The van der Waals surface area contributed by atoms with Gasteiger partial charge in [-0.2, -0.15) is 0 Å². The predicted molar refractivity (Wildman–Crippen MR) is 111 cm³/mol. The minimum atomic E-state index is -0.573. The van der Waals surface area contributed by atoms with Gasteiger partial charge in [-0.1, -0.05) is 23.7 Å². The quantitative estimate of drug-likeness (QED) is 0.429. The van der Waals surface area contributed by atoms with Crippen LogP contribution in [0.15, 0.2) is 36.8 Å². The second-order valence-electron chi connectivity index (χ2n) is 5.35. The van der Waals surface area contributed by atoms with Crippen LogP contribution in [0.2, 0.25) is 5.02 Å².